The first-order valence-electron chi connectivity index (χ1n) is 6.34. The summed E-state index contributed by atoms with van der Waals surface area (Å²) >= 11 is 1.42. The number of rotatable bonds is 3. The minimum atomic E-state index is -4.36. The van der Waals surface area contributed by atoms with Crippen LogP contribution in [0.4, 0.5) is 18.3 Å². The van der Waals surface area contributed by atoms with Crippen LogP contribution in [0.25, 0.3) is 10.2 Å². The average Bonchev–Trinajstić information content (AvgIpc) is 2.89. The molecule has 3 nitrogen and oxygen atoms in total. The number of nitrogens with one attached hydrogen (secondary N) is 1. The molecule has 0 saturated carbocycles. The van der Waals surface area contributed by atoms with Gasteiger partial charge in [0.15, 0.2) is 0 Å². The molecule has 0 saturated heterocycles. The number of hydrazone groups is 1. The molecular formula is C15H10F3N3S. The van der Waals surface area contributed by atoms with E-state index in [1.807, 2.05) is 24.3 Å². The summed E-state index contributed by atoms with van der Waals surface area (Å²) in [6, 6.07) is 12.6. The summed E-state index contributed by atoms with van der Waals surface area (Å²) in [5.74, 6) is 0. The molecule has 22 heavy (non-hydrogen) atoms. The number of thiazole rings is 1. The molecule has 0 amide bonds. The molecule has 3 aromatic rings. The van der Waals surface area contributed by atoms with E-state index >= 15 is 0 Å². The molecule has 0 radical (unpaired) electrons. The summed E-state index contributed by atoms with van der Waals surface area (Å²) in [4.78, 5) is 4.31. The average molecular weight is 321 g/mol. The summed E-state index contributed by atoms with van der Waals surface area (Å²) in [5.41, 5.74) is 3.25. The number of fused-ring (bicyclic) bond motifs is 1. The molecular weight excluding hydrogens is 311 g/mol. The van der Waals surface area contributed by atoms with Crippen molar-refractivity contribution in [3.8, 4) is 0 Å². The lowest BCUT2D eigenvalue weighted by atomic mass is 10.1. The third kappa shape index (κ3) is 3.25. The van der Waals surface area contributed by atoms with Crippen molar-refractivity contribution in [3.05, 3.63) is 59.7 Å². The van der Waals surface area contributed by atoms with Crippen molar-refractivity contribution in [1.29, 1.82) is 0 Å². The van der Waals surface area contributed by atoms with E-state index in [9.17, 15) is 13.2 Å². The first kappa shape index (κ1) is 14.5. The van der Waals surface area contributed by atoms with E-state index in [0.29, 0.717) is 10.7 Å². The normalized spacial score (nSPS) is 12.1. The van der Waals surface area contributed by atoms with E-state index in [1.165, 1.54) is 23.6 Å². The Morgan fingerprint density at radius 2 is 1.91 bits per heavy atom. The Labute approximate surface area is 128 Å². The molecule has 2 aromatic carbocycles. The lowest BCUT2D eigenvalue weighted by Gasteiger charge is -2.06. The quantitative estimate of drug-likeness (QED) is 0.558. The molecule has 0 aliphatic heterocycles. The molecule has 0 aliphatic rings. The number of halogens is 3. The number of aromatic nitrogens is 1. The van der Waals surface area contributed by atoms with Gasteiger partial charge in [-0.3, -0.25) is 5.43 Å². The molecule has 112 valence electrons. The van der Waals surface area contributed by atoms with Gasteiger partial charge in [0.1, 0.15) is 0 Å². The van der Waals surface area contributed by atoms with Gasteiger partial charge in [-0.15, -0.1) is 0 Å². The Hall–Kier alpha value is -2.41. The van der Waals surface area contributed by atoms with Crippen LogP contribution in [0.2, 0.25) is 0 Å². The first-order chi connectivity index (χ1) is 10.5. The van der Waals surface area contributed by atoms with E-state index in [4.69, 9.17) is 0 Å². The van der Waals surface area contributed by atoms with E-state index < -0.39 is 11.7 Å². The zero-order valence-corrected chi connectivity index (χ0v) is 11.9. The van der Waals surface area contributed by atoms with E-state index in [-0.39, 0.29) is 0 Å². The van der Waals surface area contributed by atoms with Crippen molar-refractivity contribution in [2.75, 3.05) is 5.43 Å². The van der Waals surface area contributed by atoms with Gasteiger partial charge < -0.3 is 0 Å². The molecule has 1 aromatic heterocycles. The lowest BCUT2D eigenvalue weighted by Crippen LogP contribution is -2.05. The van der Waals surface area contributed by atoms with Gasteiger partial charge >= 0.3 is 6.18 Å². The Kier molecular flexibility index (Phi) is 3.81. The number of alkyl halides is 3. The lowest BCUT2D eigenvalue weighted by molar-refractivity contribution is -0.137. The standard InChI is InChI=1S/C15H10F3N3S/c16-15(17,18)11-5-3-4-10(8-11)9-19-21-14-20-12-6-1-2-7-13(12)22-14/h1-9H,(H,20,21)/b19-9+. The van der Waals surface area contributed by atoms with Crippen LogP contribution in [0.1, 0.15) is 11.1 Å². The second-order valence-corrected chi connectivity index (χ2v) is 5.51. The van der Waals surface area contributed by atoms with Gasteiger partial charge in [-0.25, -0.2) is 4.98 Å². The highest BCUT2D eigenvalue weighted by molar-refractivity contribution is 7.22. The number of nitrogens with zero attached hydrogens (tertiary/aromatic N) is 2. The van der Waals surface area contributed by atoms with Crippen LogP contribution in [0.15, 0.2) is 53.6 Å². The Morgan fingerprint density at radius 1 is 1.09 bits per heavy atom. The molecule has 7 heteroatoms. The van der Waals surface area contributed by atoms with Gasteiger partial charge in [-0.1, -0.05) is 35.6 Å². The molecule has 0 aliphatic carbocycles. The predicted molar refractivity (Wildman–Crippen MR) is 82.3 cm³/mol. The van der Waals surface area contributed by atoms with Crippen LogP contribution >= 0.6 is 11.3 Å². The van der Waals surface area contributed by atoms with Crippen molar-refractivity contribution in [2.45, 2.75) is 6.18 Å². The molecule has 0 spiro atoms. The molecule has 0 atom stereocenters. The SMILES string of the molecule is FC(F)(F)c1cccc(/C=N/Nc2nc3ccccc3s2)c1. The monoisotopic (exact) mass is 321 g/mol. The number of anilines is 1. The summed E-state index contributed by atoms with van der Waals surface area (Å²) in [6.45, 7) is 0. The van der Waals surface area contributed by atoms with Gasteiger partial charge in [0.25, 0.3) is 0 Å². The first-order valence-corrected chi connectivity index (χ1v) is 7.16. The topological polar surface area (TPSA) is 37.3 Å². The van der Waals surface area contributed by atoms with Crippen molar-refractivity contribution in [1.82, 2.24) is 4.98 Å². The Bertz CT molecular complexity index is 791. The smallest absolute Gasteiger partial charge is 0.253 e. The zero-order valence-electron chi connectivity index (χ0n) is 11.1. The second-order valence-electron chi connectivity index (χ2n) is 4.48. The maximum absolute atomic E-state index is 12.6. The van der Waals surface area contributed by atoms with Crippen molar-refractivity contribution < 1.29 is 13.2 Å². The minimum Gasteiger partial charge on any atom is -0.253 e. The highest BCUT2D eigenvalue weighted by Crippen LogP contribution is 2.29. The van der Waals surface area contributed by atoms with Gasteiger partial charge in [0.2, 0.25) is 5.13 Å². The van der Waals surface area contributed by atoms with Crippen molar-refractivity contribution in [2.24, 2.45) is 5.10 Å². The second kappa shape index (κ2) is 5.76. The molecule has 0 fully saturated rings. The van der Waals surface area contributed by atoms with E-state index in [0.717, 1.165) is 22.3 Å². The molecule has 1 N–H and O–H groups in total. The summed E-state index contributed by atoms with van der Waals surface area (Å²) in [7, 11) is 0. The maximum Gasteiger partial charge on any atom is 0.416 e. The van der Waals surface area contributed by atoms with Crippen LogP contribution in [0, 0.1) is 0 Å². The number of para-hydroxylation sites is 1. The highest BCUT2D eigenvalue weighted by atomic mass is 32.1. The van der Waals surface area contributed by atoms with E-state index in [2.05, 4.69) is 15.5 Å². The van der Waals surface area contributed by atoms with Gasteiger partial charge in [0.05, 0.1) is 22.0 Å². The summed E-state index contributed by atoms with van der Waals surface area (Å²) in [5, 5.41) is 4.52. The highest BCUT2D eigenvalue weighted by Gasteiger charge is 2.30. The van der Waals surface area contributed by atoms with Gasteiger partial charge in [-0.05, 0) is 29.8 Å². The fraction of sp³-hybridized carbons (Fsp3) is 0.0667. The number of hydrogen-bond acceptors (Lipinski definition) is 4. The largest absolute Gasteiger partial charge is 0.416 e. The Balaban J connectivity index is 1.74. The predicted octanol–water partition coefficient (Wildman–Crippen LogP) is 4.76. The third-order valence-electron chi connectivity index (χ3n) is 2.88. The summed E-state index contributed by atoms with van der Waals surface area (Å²) in [6.07, 6.45) is -3.02. The molecule has 0 unspecified atom stereocenters. The molecule has 3 rings (SSSR count). The minimum absolute atomic E-state index is 0.364. The molecule has 1 heterocycles. The van der Waals surface area contributed by atoms with Crippen LogP contribution in [-0.2, 0) is 6.18 Å². The van der Waals surface area contributed by atoms with Crippen molar-refractivity contribution in [3.63, 3.8) is 0 Å². The van der Waals surface area contributed by atoms with Crippen molar-refractivity contribution >= 4 is 32.9 Å². The van der Waals surface area contributed by atoms with Crippen LogP contribution in [-0.4, -0.2) is 11.2 Å². The van der Waals surface area contributed by atoms with E-state index in [1.54, 1.807) is 6.07 Å². The maximum atomic E-state index is 12.6. The third-order valence-corrected chi connectivity index (χ3v) is 3.82. The zero-order chi connectivity index (χ0) is 15.6. The van der Waals surface area contributed by atoms with Gasteiger partial charge in [0, 0.05) is 0 Å². The fourth-order valence-electron chi connectivity index (χ4n) is 1.88. The number of benzene rings is 2. The molecule has 0 bridgehead atoms. The van der Waals surface area contributed by atoms with Crippen LogP contribution in [0.5, 0.6) is 0 Å². The van der Waals surface area contributed by atoms with Crippen LogP contribution < -0.4 is 5.43 Å². The van der Waals surface area contributed by atoms with Gasteiger partial charge in [-0.2, -0.15) is 18.3 Å². The number of hydrogen-bond donors (Lipinski definition) is 1. The summed E-state index contributed by atoms with van der Waals surface area (Å²) < 4.78 is 38.8. The Morgan fingerprint density at radius 3 is 2.68 bits per heavy atom. The van der Waals surface area contributed by atoms with Crippen LogP contribution in [0.3, 0.4) is 0 Å². The fourth-order valence-corrected chi connectivity index (χ4v) is 2.69.